The van der Waals surface area contributed by atoms with Crippen LogP contribution in [0.15, 0.2) is 30.3 Å². The predicted octanol–water partition coefficient (Wildman–Crippen LogP) is 3.83. The molecule has 146 valence electrons. The molecule has 1 aromatic carbocycles. The molecule has 2 fully saturated rings. The Kier molecular flexibility index (Phi) is 6.42. The monoisotopic (exact) mass is 360 g/mol. The highest BCUT2D eigenvalue weighted by molar-refractivity contribution is 5.26. The van der Waals surface area contributed by atoms with E-state index in [0.717, 1.165) is 17.7 Å². The van der Waals surface area contributed by atoms with E-state index in [-0.39, 0.29) is 5.41 Å². The quantitative estimate of drug-likeness (QED) is 0.530. The maximum Gasteiger partial charge on any atom is 0.0806 e. The molecule has 0 bridgehead atoms. The van der Waals surface area contributed by atoms with Crippen LogP contribution < -0.4 is 0 Å². The van der Waals surface area contributed by atoms with Crippen LogP contribution in [0.25, 0.3) is 0 Å². The van der Waals surface area contributed by atoms with E-state index >= 15 is 0 Å². The van der Waals surface area contributed by atoms with Gasteiger partial charge < -0.3 is 13.7 Å². The number of likely N-dealkylation sites (tertiary alicyclic amines) is 2. The first-order chi connectivity index (χ1) is 12.4. The van der Waals surface area contributed by atoms with Crippen LogP contribution in [-0.2, 0) is 10.2 Å². The fraction of sp³-hybridized carbons (Fsp3) is 0.739. The fourth-order valence-electron chi connectivity index (χ4n) is 4.89. The van der Waals surface area contributed by atoms with Crippen molar-refractivity contribution < 1.29 is 13.7 Å². The van der Waals surface area contributed by atoms with Gasteiger partial charge in [0.05, 0.1) is 67.1 Å². The second-order valence-electron chi connectivity index (χ2n) is 9.79. The molecule has 2 saturated heterocycles. The fourth-order valence-corrected chi connectivity index (χ4v) is 4.89. The van der Waals surface area contributed by atoms with Gasteiger partial charge in [-0.25, -0.2) is 0 Å². The van der Waals surface area contributed by atoms with Gasteiger partial charge in [0.2, 0.25) is 0 Å². The molecule has 3 rings (SSSR count). The van der Waals surface area contributed by atoms with Crippen molar-refractivity contribution in [1.82, 2.24) is 0 Å². The third-order valence-corrected chi connectivity index (χ3v) is 7.04. The highest BCUT2D eigenvalue weighted by Crippen LogP contribution is 2.37. The average molecular weight is 361 g/mol. The van der Waals surface area contributed by atoms with Crippen LogP contribution in [0.5, 0.6) is 0 Å². The standard InChI is InChI=1S/C23H40N2O/c1-24(2)18-13-23(14-19-24,22-11-6-4-7-12-22)21-26-20-10-17-25(3)15-8-5-9-16-25/h4,6-7,11-12H,5,8-10,13-21H2,1-3H3/q+2. The van der Waals surface area contributed by atoms with Crippen molar-refractivity contribution >= 4 is 0 Å². The molecule has 0 atom stereocenters. The minimum Gasteiger partial charge on any atom is -0.380 e. The van der Waals surface area contributed by atoms with Gasteiger partial charge in [0.25, 0.3) is 0 Å². The van der Waals surface area contributed by atoms with Crippen LogP contribution in [0, 0.1) is 0 Å². The van der Waals surface area contributed by atoms with Crippen LogP contribution in [0.3, 0.4) is 0 Å². The van der Waals surface area contributed by atoms with Crippen molar-refractivity contribution in [2.75, 3.05) is 67.1 Å². The summed E-state index contributed by atoms with van der Waals surface area (Å²) in [6.45, 7) is 8.30. The van der Waals surface area contributed by atoms with Gasteiger partial charge in [0.1, 0.15) is 0 Å². The zero-order chi connectivity index (χ0) is 18.5. The zero-order valence-corrected chi connectivity index (χ0v) is 17.4. The second-order valence-corrected chi connectivity index (χ2v) is 9.79. The molecule has 0 amide bonds. The zero-order valence-electron chi connectivity index (χ0n) is 17.4. The predicted molar refractivity (Wildman–Crippen MR) is 109 cm³/mol. The molecule has 2 aliphatic rings. The molecule has 0 N–H and O–H groups in total. The number of quaternary nitrogens is 2. The summed E-state index contributed by atoms with van der Waals surface area (Å²) in [6, 6.07) is 11.1. The van der Waals surface area contributed by atoms with Crippen LogP contribution in [0.4, 0.5) is 0 Å². The summed E-state index contributed by atoms with van der Waals surface area (Å²) < 4.78 is 8.72. The molecule has 0 aliphatic carbocycles. The molecule has 3 heteroatoms. The first-order valence-corrected chi connectivity index (χ1v) is 10.7. The number of benzene rings is 1. The Bertz CT molecular complexity index is 539. The number of hydrogen-bond acceptors (Lipinski definition) is 1. The molecule has 3 nitrogen and oxygen atoms in total. The summed E-state index contributed by atoms with van der Waals surface area (Å²) in [4.78, 5) is 0. The van der Waals surface area contributed by atoms with E-state index in [1.807, 2.05) is 0 Å². The number of rotatable bonds is 7. The van der Waals surface area contributed by atoms with Crippen LogP contribution in [0.2, 0.25) is 0 Å². The smallest absolute Gasteiger partial charge is 0.0806 e. The first kappa shape index (κ1) is 19.9. The third kappa shape index (κ3) is 5.09. The summed E-state index contributed by atoms with van der Waals surface area (Å²) in [6.07, 6.45) is 7.91. The summed E-state index contributed by atoms with van der Waals surface area (Å²) in [5, 5.41) is 0. The summed E-state index contributed by atoms with van der Waals surface area (Å²) in [7, 11) is 7.16. The lowest BCUT2D eigenvalue weighted by atomic mass is 9.73. The van der Waals surface area contributed by atoms with E-state index in [0.29, 0.717) is 0 Å². The van der Waals surface area contributed by atoms with Crippen molar-refractivity contribution in [3.8, 4) is 0 Å². The van der Waals surface area contributed by atoms with Crippen LogP contribution >= 0.6 is 0 Å². The van der Waals surface area contributed by atoms with Crippen molar-refractivity contribution in [1.29, 1.82) is 0 Å². The first-order valence-electron chi connectivity index (χ1n) is 10.7. The second kappa shape index (κ2) is 8.41. The Morgan fingerprint density at radius 1 is 0.885 bits per heavy atom. The van der Waals surface area contributed by atoms with Gasteiger partial charge in [0, 0.05) is 24.7 Å². The van der Waals surface area contributed by atoms with Gasteiger partial charge in [-0.3, -0.25) is 0 Å². The Balaban J connectivity index is 1.52. The Labute approximate surface area is 161 Å². The minimum absolute atomic E-state index is 0.221. The van der Waals surface area contributed by atoms with Crippen molar-refractivity contribution in [2.45, 2.75) is 43.9 Å². The van der Waals surface area contributed by atoms with Gasteiger partial charge >= 0.3 is 0 Å². The summed E-state index contributed by atoms with van der Waals surface area (Å²) >= 11 is 0. The number of ether oxygens (including phenoxy) is 1. The Hall–Kier alpha value is -0.900. The van der Waals surface area contributed by atoms with Gasteiger partial charge in [-0.2, -0.15) is 0 Å². The molecule has 2 heterocycles. The van der Waals surface area contributed by atoms with Gasteiger partial charge in [-0.05, 0) is 24.8 Å². The van der Waals surface area contributed by atoms with E-state index in [9.17, 15) is 0 Å². The maximum atomic E-state index is 6.32. The van der Waals surface area contributed by atoms with Crippen LogP contribution in [0.1, 0.15) is 44.1 Å². The lowest BCUT2D eigenvalue weighted by Crippen LogP contribution is -2.52. The van der Waals surface area contributed by atoms with Crippen molar-refractivity contribution in [2.24, 2.45) is 0 Å². The van der Waals surface area contributed by atoms with E-state index in [1.165, 1.54) is 81.3 Å². The highest BCUT2D eigenvalue weighted by atomic mass is 16.5. The Morgan fingerprint density at radius 2 is 1.54 bits per heavy atom. The molecular weight excluding hydrogens is 320 g/mol. The van der Waals surface area contributed by atoms with Gasteiger partial charge in [-0.1, -0.05) is 30.3 Å². The molecule has 1 aromatic rings. The number of piperidine rings is 2. The molecule has 0 unspecified atom stereocenters. The van der Waals surface area contributed by atoms with Gasteiger partial charge in [-0.15, -0.1) is 0 Å². The molecule has 0 radical (unpaired) electrons. The van der Waals surface area contributed by atoms with E-state index in [4.69, 9.17) is 4.74 Å². The third-order valence-electron chi connectivity index (χ3n) is 7.04. The number of hydrogen-bond donors (Lipinski definition) is 0. The maximum absolute atomic E-state index is 6.32. The van der Waals surface area contributed by atoms with Gasteiger partial charge in [0.15, 0.2) is 0 Å². The molecule has 0 spiro atoms. The lowest BCUT2D eigenvalue weighted by Gasteiger charge is -2.45. The normalized spacial score (nSPS) is 24.3. The SMILES string of the molecule is C[N+]1(C)CCC(COCCC[N+]2(C)CCCCC2)(c2ccccc2)CC1. The minimum atomic E-state index is 0.221. The molecule has 2 aliphatic heterocycles. The topological polar surface area (TPSA) is 9.23 Å². The van der Waals surface area contributed by atoms with E-state index in [1.54, 1.807) is 0 Å². The van der Waals surface area contributed by atoms with Crippen molar-refractivity contribution in [3.05, 3.63) is 35.9 Å². The largest absolute Gasteiger partial charge is 0.380 e. The molecule has 26 heavy (non-hydrogen) atoms. The average Bonchev–Trinajstić information content (AvgIpc) is 2.64. The number of nitrogens with zero attached hydrogens (tertiary/aromatic N) is 2. The molecule has 0 saturated carbocycles. The van der Waals surface area contributed by atoms with E-state index < -0.39 is 0 Å². The Morgan fingerprint density at radius 3 is 2.19 bits per heavy atom. The van der Waals surface area contributed by atoms with Crippen LogP contribution in [-0.4, -0.2) is 76.0 Å². The molecular formula is C23H40N2O+2. The summed E-state index contributed by atoms with van der Waals surface area (Å²) in [5.74, 6) is 0. The highest BCUT2D eigenvalue weighted by Gasteiger charge is 2.40. The van der Waals surface area contributed by atoms with E-state index in [2.05, 4.69) is 51.5 Å². The van der Waals surface area contributed by atoms with Crippen molar-refractivity contribution in [3.63, 3.8) is 0 Å². The molecule has 0 aromatic heterocycles. The summed E-state index contributed by atoms with van der Waals surface area (Å²) in [5.41, 5.74) is 1.70. The lowest BCUT2D eigenvalue weighted by molar-refractivity contribution is -0.914.